The number of halogens is 2. The van der Waals surface area contributed by atoms with Crippen LogP contribution < -0.4 is 0 Å². The number of hydrogen-bond acceptors (Lipinski definition) is 5. The van der Waals surface area contributed by atoms with Crippen LogP contribution in [0.1, 0.15) is 42.3 Å². The minimum Gasteiger partial charge on any atom is -0.366 e. The Morgan fingerprint density at radius 2 is 2.08 bits per heavy atom. The molecule has 138 valence electrons. The first-order valence-electron chi connectivity index (χ1n) is 8.95. The molecule has 3 fully saturated rings. The van der Waals surface area contributed by atoms with Crippen LogP contribution in [-0.4, -0.2) is 65.5 Å². The summed E-state index contributed by atoms with van der Waals surface area (Å²) in [4.78, 5) is 21.0. The maximum atomic E-state index is 13.3. The fourth-order valence-electron chi connectivity index (χ4n) is 3.40. The molecule has 1 aromatic heterocycles. The molecule has 1 atom stereocenters. The first-order chi connectivity index (χ1) is 12.0. The van der Waals surface area contributed by atoms with Crippen LogP contribution in [0.25, 0.3) is 0 Å². The zero-order valence-corrected chi connectivity index (χ0v) is 14.9. The van der Waals surface area contributed by atoms with Crippen molar-refractivity contribution in [3.05, 3.63) is 16.1 Å². The molecule has 1 unspecified atom stereocenters. The molecule has 0 aromatic carbocycles. The predicted octanol–water partition coefficient (Wildman–Crippen LogP) is 2.48. The summed E-state index contributed by atoms with van der Waals surface area (Å²) in [6.07, 6.45) is 1.43. The normalized spacial score (nSPS) is 27.4. The molecule has 4 rings (SSSR count). The average molecular weight is 371 g/mol. The van der Waals surface area contributed by atoms with E-state index in [0.717, 1.165) is 12.2 Å². The lowest BCUT2D eigenvalue weighted by atomic mass is 10.1. The van der Waals surface area contributed by atoms with Crippen molar-refractivity contribution in [1.82, 2.24) is 14.8 Å². The number of nitrogens with zero attached hydrogens (tertiary/aromatic N) is 3. The minimum atomic E-state index is -2.64. The van der Waals surface area contributed by atoms with Crippen LogP contribution >= 0.6 is 11.3 Å². The molecule has 0 radical (unpaired) electrons. The van der Waals surface area contributed by atoms with Gasteiger partial charge in [0, 0.05) is 56.9 Å². The summed E-state index contributed by atoms with van der Waals surface area (Å²) < 4.78 is 32.2. The molecule has 8 heteroatoms. The average Bonchev–Trinajstić information content (AvgIpc) is 3.35. The van der Waals surface area contributed by atoms with Crippen molar-refractivity contribution in [1.29, 1.82) is 0 Å². The molecular weight excluding hydrogens is 348 g/mol. The summed E-state index contributed by atoms with van der Waals surface area (Å²) >= 11 is 1.72. The highest BCUT2D eigenvalue weighted by Gasteiger charge is 2.38. The second-order valence-corrected chi connectivity index (χ2v) is 8.12. The molecule has 0 spiro atoms. The topological polar surface area (TPSA) is 45.7 Å². The third-order valence-electron chi connectivity index (χ3n) is 5.11. The fourth-order valence-corrected chi connectivity index (χ4v) is 4.38. The monoisotopic (exact) mass is 371 g/mol. The van der Waals surface area contributed by atoms with E-state index in [1.54, 1.807) is 11.3 Å². The molecule has 1 aliphatic carbocycles. The van der Waals surface area contributed by atoms with Gasteiger partial charge in [-0.3, -0.25) is 9.69 Å². The number of morpholine rings is 1. The molecule has 1 amide bonds. The van der Waals surface area contributed by atoms with Crippen LogP contribution in [-0.2, 0) is 16.1 Å². The second kappa shape index (κ2) is 6.89. The molecule has 2 aliphatic heterocycles. The van der Waals surface area contributed by atoms with E-state index in [1.807, 2.05) is 0 Å². The van der Waals surface area contributed by atoms with Crippen LogP contribution in [0.2, 0.25) is 0 Å². The Labute approximate surface area is 150 Å². The number of likely N-dealkylation sites (tertiary alicyclic amines) is 1. The van der Waals surface area contributed by atoms with Crippen LogP contribution in [0.15, 0.2) is 5.38 Å². The van der Waals surface area contributed by atoms with Gasteiger partial charge in [0.05, 0.1) is 17.3 Å². The number of rotatable bonds is 4. The molecule has 0 N–H and O–H groups in total. The number of carbonyl (C=O) groups excluding carboxylic acids is 1. The van der Waals surface area contributed by atoms with Gasteiger partial charge in [0.2, 0.25) is 0 Å². The van der Waals surface area contributed by atoms with Crippen LogP contribution in [0.3, 0.4) is 0 Å². The number of amides is 1. The minimum absolute atomic E-state index is 0.114. The summed E-state index contributed by atoms with van der Waals surface area (Å²) in [5.41, 5.74) is 1.05. The zero-order valence-electron chi connectivity index (χ0n) is 14.1. The standard InChI is InChI=1S/C17H23F2N3O2S/c18-17(19)3-5-22(6-4-17)16(23)14-10-21(7-8-24-14)9-13-11-25-15(20-13)12-1-2-12/h11-12,14H,1-10H2. The molecule has 1 aromatic rings. The number of aromatic nitrogens is 1. The Morgan fingerprint density at radius 3 is 2.80 bits per heavy atom. The SMILES string of the molecule is O=C(C1CN(Cc2csc(C3CC3)n2)CCO1)N1CCC(F)(F)CC1. The summed E-state index contributed by atoms with van der Waals surface area (Å²) in [7, 11) is 0. The van der Waals surface area contributed by atoms with Gasteiger partial charge in [0.25, 0.3) is 11.8 Å². The van der Waals surface area contributed by atoms with E-state index in [2.05, 4.69) is 10.3 Å². The van der Waals surface area contributed by atoms with E-state index in [4.69, 9.17) is 9.72 Å². The van der Waals surface area contributed by atoms with Crippen molar-refractivity contribution in [3.8, 4) is 0 Å². The lowest BCUT2D eigenvalue weighted by molar-refractivity contribution is -0.155. The lowest BCUT2D eigenvalue weighted by Crippen LogP contribution is -2.53. The smallest absolute Gasteiger partial charge is 0.253 e. The van der Waals surface area contributed by atoms with E-state index < -0.39 is 12.0 Å². The predicted molar refractivity (Wildman–Crippen MR) is 89.9 cm³/mol. The molecule has 5 nitrogen and oxygen atoms in total. The quantitative estimate of drug-likeness (QED) is 0.816. The van der Waals surface area contributed by atoms with Gasteiger partial charge in [-0.2, -0.15) is 0 Å². The molecule has 3 aliphatic rings. The molecule has 2 saturated heterocycles. The number of carbonyl (C=O) groups is 1. The largest absolute Gasteiger partial charge is 0.366 e. The van der Waals surface area contributed by atoms with Gasteiger partial charge in [-0.05, 0) is 12.8 Å². The van der Waals surface area contributed by atoms with Crippen LogP contribution in [0.5, 0.6) is 0 Å². The van der Waals surface area contributed by atoms with Gasteiger partial charge in [-0.25, -0.2) is 13.8 Å². The van der Waals surface area contributed by atoms with E-state index in [-0.39, 0.29) is 31.8 Å². The number of alkyl halides is 2. The van der Waals surface area contributed by atoms with Gasteiger partial charge in [-0.15, -0.1) is 11.3 Å². The highest BCUT2D eigenvalue weighted by molar-refractivity contribution is 7.09. The Kier molecular flexibility index (Phi) is 4.77. The van der Waals surface area contributed by atoms with Crippen LogP contribution in [0.4, 0.5) is 8.78 Å². The van der Waals surface area contributed by atoms with E-state index in [9.17, 15) is 13.6 Å². The number of ether oxygens (including phenoxy) is 1. The zero-order chi connectivity index (χ0) is 17.4. The van der Waals surface area contributed by atoms with Gasteiger partial charge in [0.15, 0.2) is 0 Å². The van der Waals surface area contributed by atoms with Crippen molar-refractivity contribution < 1.29 is 18.3 Å². The lowest BCUT2D eigenvalue weighted by Gasteiger charge is -2.37. The summed E-state index contributed by atoms with van der Waals surface area (Å²) in [6.45, 7) is 2.69. The third-order valence-corrected chi connectivity index (χ3v) is 6.17. The van der Waals surface area contributed by atoms with Crippen molar-refractivity contribution in [2.45, 2.75) is 50.2 Å². The van der Waals surface area contributed by atoms with Crippen LogP contribution in [0, 0.1) is 0 Å². The number of piperidine rings is 1. The molecule has 0 bridgehead atoms. The first kappa shape index (κ1) is 17.3. The Balaban J connectivity index is 1.31. The highest BCUT2D eigenvalue weighted by Crippen LogP contribution is 2.41. The third kappa shape index (κ3) is 4.17. The van der Waals surface area contributed by atoms with E-state index in [1.165, 1.54) is 22.7 Å². The summed E-state index contributed by atoms with van der Waals surface area (Å²) in [6, 6.07) is 0. The molecule has 3 heterocycles. The first-order valence-corrected chi connectivity index (χ1v) is 9.83. The maximum absolute atomic E-state index is 13.3. The molecule has 1 saturated carbocycles. The summed E-state index contributed by atoms with van der Waals surface area (Å²) in [5, 5.41) is 3.33. The van der Waals surface area contributed by atoms with E-state index in [0.29, 0.717) is 25.6 Å². The number of hydrogen-bond donors (Lipinski definition) is 0. The Hall–Kier alpha value is -1.12. The van der Waals surface area contributed by atoms with Gasteiger partial charge in [-0.1, -0.05) is 0 Å². The van der Waals surface area contributed by atoms with E-state index >= 15 is 0 Å². The van der Waals surface area contributed by atoms with Crippen molar-refractivity contribution in [2.75, 3.05) is 32.8 Å². The summed E-state index contributed by atoms with van der Waals surface area (Å²) in [5.74, 6) is -2.13. The van der Waals surface area contributed by atoms with Gasteiger partial charge in [0.1, 0.15) is 6.10 Å². The van der Waals surface area contributed by atoms with Crippen molar-refractivity contribution >= 4 is 17.2 Å². The van der Waals surface area contributed by atoms with Gasteiger partial charge < -0.3 is 9.64 Å². The fraction of sp³-hybridized carbons (Fsp3) is 0.765. The van der Waals surface area contributed by atoms with Crippen molar-refractivity contribution in [3.63, 3.8) is 0 Å². The number of thiazole rings is 1. The second-order valence-electron chi connectivity index (χ2n) is 7.23. The Morgan fingerprint density at radius 1 is 1.32 bits per heavy atom. The maximum Gasteiger partial charge on any atom is 0.253 e. The van der Waals surface area contributed by atoms with Crippen molar-refractivity contribution in [2.24, 2.45) is 0 Å². The molecular formula is C17H23F2N3O2S. The Bertz CT molecular complexity index is 625. The molecule has 25 heavy (non-hydrogen) atoms. The van der Waals surface area contributed by atoms with Gasteiger partial charge >= 0.3 is 0 Å². The highest BCUT2D eigenvalue weighted by atomic mass is 32.1.